The van der Waals surface area contributed by atoms with E-state index in [1.54, 1.807) is 21.5 Å². The second-order valence-corrected chi connectivity index (χ2v) is 11.2. The molecular weight excluding hydrogens is 548 g/mol. The van der Waals surface area contributed by atoms with Crippen molar-refractivity contribution in [1.82, 2.24) is 14.0 Å². The van der Waals surface area contributed by atoms with E-state index >= 15 is 0 Å². The molecule has 0 amide bonds. The van der Waals surface area contributed by atoms with Crippen LogP contribution < -0.4 is 10.4 Å². The molecule has 212 valence electrons. The van der Waals surface area contributed by atoms with Gasteiger partial charge in [0.25, 0.3) is 11.2 Å². The second kappa shape index (κ2) is 11.6. The van der Waals surface area contributed by atoms with E-state index in [9.17, 15) is 14.9 Å². The molecule has 1 aliphatic rings. The quantitative estimate of drug-likeness (QED) is 0.165. The van der Waals surface area contributed by atoms with Crippen LogP contribution in [0.5, 0.6) is 0 Å². The molecule has 42 heavy (non-hydrogen) atoms. The van der Waals surface area contributed by atoms with Crippen molar-refractivity contribution in [3.8, 4) is 16.9 Å². The van der Waals surface area contributed by atoms with Crippen LogP contribution in [-0.2, 0) is 7.05 Å². The molecule has 0 unspecified atom stereocenters. The number of nitro groups is 1. The topological polar surface area (TPSA) is 99.7 Å². The predicted molar refractivity (Wildman–Crippen MR) is 166 cm³/mol. The normalized spacial score (nSPS) is 15.6. The first-order valence-corrected chi connectivity index (χ1v) is 14.7. The highest BCUT2D eigenvalue weighted by Gasteiger charge is 2.21. The van der Waals surface area contributed by atoms with Crippen LogP contribution in [0.4, 0.5) is 11.4 Å². The highest BCUT2D eigenvalue weighted by molar-refractivity contribution is 7.07. The van der Waals surface area contributed by atoms with E-state index in [1.165, 1.54) is 29.0 Å². The molecule has 2 heterocycles. The number of non-ortho nitro benzene ring substituents is 1. The van der Waals surface area contributed by atoms with E-state index in [2.05, 4.69) is 24.3 Å². The van der Waals surface area contributed by atoms with E-state index in [0.717, 1.165) is 54.0 Å². The SMILES string of the molecule is Cc1c(N=c2scc(-c3ccc([N+](=O)[O-])cc3)n2N=C2CCC(c3ccccc3)CC2)c(=O)n(-c2ccccc2)n1C. The molecule has 0 atom stereocenters. The Balaban J connectivity index is 1.44. The largest absolute Gasteiger partial charge is 0.297 e. The Morgan fingerprint density at radius 3 is 2.21 bits per heavy atom. The highest BCUT2D eigenvalue weighted by Crippen LogP contribution is 2.32. The number of aromatic nitrogens is 3. The maximum absolute atomic E-state index is 13.6. The van der Waals surface area contributed by atoms with Gasteiger partial charge in [-0.05, 0) is 68.4 Å². The summed E-state index contributed by atoms with van der Waals surface area (Å²) in [4.78, 5) is 29.9. The van der Waals surface area contributed by atoms with Gasteiger partial charge in [-0.3, -0.25) is 19.6 Å². The molecule has 0 N–H and O–H groups in total. The number of nitrogens with zero attached hydrogens (tertiary/aromatic N) is 6. The number of rotatable bonds is 6. The molecule has 10 heteroatoms. The van der Waals surface area contributed by atoms with Crippen molar-refractivity contribution in [3.05, 3.63) is 127 Å². The van der Waals surface area contributed by atoms with Crippen molar-refractivity contribution in [2.24, 2.45) is 17.1 Å². The average Bonchev–Trinajstić information content (AvgIpc) is 3.51. The monoisotopic (exact) mass is 578 g/mol. The third kappa shape index (κ3) is 5.28. The molecule has 2 aromatic heterocycles. The van der Waals surface area contributed by atoms with Crippen LogP contribution in [0.25, 0.3) is 16.9 Å². The second-order valence-electron chi connectivity index (χ2n) is 10.4. The van der Waals surface area contributed by atoms with Crippen molar-refractivity contribution in [3.63, 3.8) is 0 Å². The summed E-state index contributed by atoms with van der Waals surface area (Å²) in [6.45, 7) is 1.88. The standard InChI is InChI=1S/C32H30N6O3S/c1-22-30(31(39)37(35(22)2)27-11-7-4-8-12-27)33-32-36(29(21-42-32)25-15-19-28(20-16-25)38(40)41)34-26-17-13-24(14-18-26)23-9-5-3-6-10-23/h3-12,15-16,19-21,24H,13-14,17-18H2,1-2H3. The molecule has 1 fully saturated rings. The maximum Gasteiger partial charge on any atom is 0.297 e. The minimum atomic E-state index is -0.409. The first-order chi connectivity index (χ1) is 20.4. The number of thiazole rings is 1. The molecule has 6 rings (SSSR count). The van der Waals surface area contributed by atoms with E-state index in [4.69, 9.17) is 10.1 Å². The summed E-state index contributed by atoms with van der Waals surface area (Å²) in [5.74, 6) is 0.499. The lowest BCUT2D eigenvalue weighted by molar-refractivity contribution is -0.384. The zero-order valence-electron chi connectivity index (χ0n) is 23.4. The maximum atomic E-state index is 13.6. The molecule has 1 saturated carbocycles. The number of benzene rings is 3. The summed E-state index contributed by atoms with van der Waals surface area (Å²) >= 11 is 1.39. The van der Waals surface area contributed by atoms with Gasteiger partial charge in [0.2, 0.25) is 4.80 Å². The van der Waals surface area contributed by atoms with Crippen LogP contribution in [0.15, 0.2) is 105 Å². The average molecular weight is 579 g/mol. The Kier molecular flexibility index (Phi) is 7.54. The van der Waals surface area contributed by atoms with Crippen LogP contribution in [0, 0.1) is 17.0 Å². The van der Waals surface area contributed by atoms with Crippen molar-refractivity contribution < 1.29 is 4.92 Å². The van der Waals surface area contributed by atoms with E-state index in [0.29, 0.717) is 16.4 Å². The van der Waals surface area contributed by atoms with Crippen molar-refractivity contribution in [1.29, 1.82) is 0 Å². The third-order valence-corrected chi connectivity index (χ3v) is 8.68. The van der Waals surface area contributed by atoms with Gasteiger partial charge in [0.05, 0.1) is 22.0 Å². The fourth-order valence-corrected chi connectivity index (χ4v) is 6.29. The summed E-state index contributed by atoms with van der Waals surface area (Å²) < 4.78 is 5.21. The molecule has 1 aliphatic carbocycles. The smallest absolute Gasteiger partial charge is 0.283 e. The Bertz CT molecular complexity index is 1890. The Morgan fingerprint density at radius 1 is 0.929 bits per heavy atom. The first kappa shape index (κ1) is 27.3. The van der Waals surface area contributed by atoms with Crippen molar-refractivity contribution >= 4 is 28.4 Å². The van der Waals surface area contributed by atoms with Crippen LogP contribution in [0.1, 0.15) is 42.9 Å². The lowest BCUT2D eigenvalue weighted by Crippen LogP contribution is -2.20. The van der Waals surface area contributed by atoms with Gasteiger partial charge in [-0.25, -0.2) is 14.4 Å². The number of hydrogen-bond donors (Lipinski definition) is 0. The van der Waals surface area contributed by atoms with Crippen molar-refractivity contribution in [2.75, 3.05) is 0 Å². The van der Waals surface area contributed by atoms with Gasteiger partial charge in [0.1, 0.15) is 0 Å². The van der Waals surface area contributed by atoms with Gasteiger partial charge >= 0.3 is 0 Å². The lowest BCUT2D eigenvalue weighted by Gasteiger charge is -2.23. The number of nitro benzene ring substituents is 1. The van der Waals surface area contributed by atoms with Gasteiger partial charge < -0.3 is 0 Å². The molecule has 0 aliphatic heterocycles. The van der Waals surface area contributed by atoms with Gasteiger partial charge in [0.15, 0.2) is 5.69 Å². The first-order valence-electron chi connectivity index (χ1n) is 13.9. The zero-order valence-corrected chi connectivity index (χ0v) is 24.2. The van der Waals surface area contributed by atoms with E-state index in [-0.39, 0.29) is 11.2 Å². The molecule has 0 radical (unpaired) electrons. The Hall–Kier alpha value is -4.83. The molecular formula is C32H30N6O3S. The van der Waals surface area contributed by atoms with Crippen molar-refractivity contribution in [2.45, 2.75) is 38.5 Å². The minimum Gasteiger partial charge on any atom is -0.283 e. The highest BCUT2D eigenvalue weighted by atomic mass is 32.1. The van der Waals surface area contributed by atoms with Gasteiger partial charge in [-0.2, -0.15) is 5.10 Å². The molecule has 5 aromatic rings. The van der Waals surface area contributed by atoms with Crippen LogP contribution in [0.3, 0.4) is 0 Å². The Morgan fingerprint density at radius 2 is 1.57 bits per heavy atom. The van der Waals surface area contributed by atoms with Crippen LogP contribution in [-0.4, -0.2) is 24.7 Å². The molecule has 0 bridgehead atoms. The van der Waals surface area contributed by atoms with Crippen LogP contribution in [0.2, 0.25) is 0 Å². The molecule has 3 aromatic carbocycles. The third-order valence-electron chi connectivity index (χ3n) is 7.87. The van der Waals surface area contributed by atoms with Gasteiger partial charge in [-0.15, -0.1) is 11.3 Å². The van der Waals surface area contributed by atoms with E-state index in [1.807, 2.05) is 60.4 Å². The van der Waals surface area contributed by atoms with Crippen LogP contribution >= 0.6 is 11.3 Å². The number of hydrogen-bond acceptors (Lipinski definition) is 6. The summed E-state index contributed by atoms with van der Waals surface area (Å²) in [6, 6.07) is 26.5. The fraction of sp³-hybridized carbons (Fsp3) is 0.219. The zero-order chi connectivity index (χ0) is 29.2. The predicted octanol–water partition coefficient (Wildman–Crippen LogP) is 6.72. The van der Waals surface area contributed by atoms with Gasteiger partial charge in [0, 0.05) is 35.8 Å². The summed E-state index contributed by atoms with van der Waals surface area (Å²) in [7, 11) is 1.85. The minimum absolute atomic E-state index is 0.0253. The summed E-state index contributed by atoms with van der Waals surface area (Å²) in [6.07, 6.45) is 3.72. The lowest BCUT2D eigenvalue weighted by atomic mass is 9.83. The number of para-hydroxylation sites is 1. The summed E-state index contributed by atoms with van der Waals surface area (Å²) in [5, 5.41) is 18.3. The summed E-state index contributed by atoms with van der Waals surface area (Å²) in [5.41, 5.74) is 5.63. The van der Waals surface area contributed by atoms with Gasteiger partial charge in [-0.1, -0.05) is 48.5 Å². The fourth-order valence-electron chi connectivity index (χ4n) is 5.46. The molecule has 0 spiro atoms. The Labute approximate surface area is 246 Å². The molecule has 9 nitrogen and oxygen atoms in total. The molecule has 0 saturated heterocycles. The van der Waals surface area contributed by atoms with E-state index < -0.39 is 4.92 Å².